The first-order valence-electron chi connectivity index (χ1n) is 5.49. The van der Waals surface area contributed by atoms with Crippen molar-refractivity contribution >= 4 is 5.96 Å². The summed E-state index contributed by atoms with van der Waals surface area (Å²) in [6, 6.07) is 6.62. The highest BCUT2D eigenvalue weighted by molar-refractivity contribution is 5.81. The maximum atomic E-state index is 12.7. The quantitative estimate of drug-likeness (QED) is 0.832. The van der Waals surface area contributed by atoms with E-state index in [2.05, 4.69) is 15.2 Å². The van der Waals surface area contributed by atoms with Gasteiger partial charge in [-0.15, -0.1) is 0 Å². The minimum Gasteiger partial charge on any atom is -0.356 e. The zero-order valence-corrected chi connectivity index (χ0v) is 9.41. The molecule has 86 valence electrons. The molecule has 0 spiro atoms. The van der Waals surface area contributed by atoms with Gasteiger partial charge in [0.2, 0.25) is 0 Å². The van der Waals surface area contributed by atoms with Gasteiger partial charge in [-0.05, 0) is 24.1 Å². The highest BCUT2D eigenvalue weighted by Crippen LogP contribution is 2.03. The van der Waals surface area contributed by atoms with Crippen molar-refractivity contribution in [3.05, 3.63) is 35.6 Å². The molecule has 0 saturated carbocycles. The lowest BCUT2D eigenvalue weighted by Crippen LogP contribution is -2.36. The first kappa shape index (κ1) is 10.9. The van der Waals surface area contributed by atoms with Crippen molar-refractivity contribution in [2.75, 3.05) is 26.7 Å². The van der Waals surface area contributed by atoms with Crippen LogP contribution in [0.5, 0.6) is 0 Å². The van der Waals surface area contributed by atoms with E-state index >= 15 is 0 Å². The smallest absolute Gasteiger partial charge is 0.193 e. The largest absolute Gasteiger partial charge is 0.356 e. The predicted octanol–water partition coefficient (Wildman–Crippen LogP) is 1.26. The van der Waals surface area contributed by atoms with Gasteiger partial charge in [0, 0.05) is 20.1 Å². The van der Waals surface area contributed by atoms with Crippen LogP contribution in [0.4, 0.5) is 4.39 Å². The van der Waals surface area contributed by atoms with Crippen LogP contribution in [0, 0.1) is 5.82 Å². The molecule has 0 bridgehead atoms. The van der Waals surface area contributed by atoms with Crippen LogP contribution in [0.3, 0.4) is 0 Å². The third kappa shape index (κ3) is 2.72. The molecule has 1 N–H and O–H groups in total. The summed E-state index contributed by atoms with van der Waals surface area (Å²) in [5.41, 5.74) is 1.13. The van der Waals surface area contributed by atoms with Gasteiger partial charge in [0.1, 0.15) is 5.82 Å². The number of nitrogens with one attached hydrogen (secondary N) is 1. The standard InChI is InChI=1S/C12H16FN3/c1-16-9-8-15-12(16)14-7-6-10-2-4-11(13)5-3-10/h2-5H,6-9H2,1H3,(H,14,15). The molecule has 0 amide bonds. The first-order valence-corrected chi connectivity index (χ1v) is 5.49. The third-order valence-electron chi connectivity index (χ3n) is 2.67. The number of likely N-dealkylation sites (N-methyl/N-ethyl adjacent to an activating group) is 1. The van der Waals surface area contributed by atoms with Crippen LogP contribution < -0.4 is 5.32 Å². The Balaban J connectivity index is 1.78. The number of hydrogen-bond donors (Lipinski definition) is 1. The van der Waals surface area contributed by atoms with Crippen LogP contribution in [-0.2, 0) is 6.42 Å². The first-order chi connectivity index (χ1) is 7.75. The molecule has 3 nitrogen and oxygen atoms in total. The number of rotatable bonds is 3. The number of hydrogen-bond acceptors (Lipinski definition) is 3. The second-order valence-corrected chi connectivity index (χ2v) is 3.93. The Morgan fingerprint density at radius 3 is 2.75 bits per heavy atom. The molecule has 0 atom stereocenters. The van der Waals surface area contributed by atoms with Gasteiger partial charge < -0.3 is 10.2 Å². The summed E-state index contributed by atoms with van der Waals surface area (Å²) in [7, 11) is 2.02. The lowest BCUT2D eigenvalue weighted by molar-refractivity contribution is 0.534. The van der Waals surface area contributed by atoms with Crippen molar-refractivity contribution < 1.29 is 4.39 Å². The van der Waals surface area contributed by atoms with E-state index in [-0.39, 0.29) is 5.82 Å². The molecule has 0 saturated heterocycles. The van der Waals surface area contributed by atoms with E-state index in [0.717, 1.165) is 37.6 Å². The summed E-state index contributed by atoms with van der Waals surface area (Å²) in [6.45, 7) is 2.68. The van der Waals surface area contributed by atoms with E-state index in [4.69, 9.17) is 0 Å². The summed E-state index contributed by atoms with van der Waals surface area (Å²) < 4.78 is 12.7. The molecule has 0 radical (unpaired) electrons. The van der Waals surface area contributed by atoms with Crippen molar-refractivity contribution in [1.29, 1.82) is 0 Å². The van der Waals surface area contributed by atoms with E-state index in [9.17, 15) is 4.39 Å². The molecule has 16 heavy (non-hydrogen) atoms. The number of guanidine groups is 1. The molecule has 4 heteroatoms. The lowest BCUT2D eigenvalue weighted by atomic mass is 10.1. The molecule has 0 fully saturated rings. The maximum absolute atomic E-state index is 12.7. The second kappa shape index (κ2) is 4.96. The SMILES string of the molecule is CN1CCN=C1NCCc1ccc(F)cc1. The van der Waals surface area contributed by atoms with Gasteiger partial charge in [-0.25, -0.2) is 4.39 Å². The minimum absolute atomic E-state index is 0.184. The maximum Gasteiger partial charge on any atom is 0.193 e. The molecule has 1 aromatic rings. The van der Waals surface area contributed by atoms with E-state index < -0.39 is 0 Å². The van der Waals surface area contributed by atoms with Gasteiger partial charge in [-0.3, -0.25) is 4.99 Å². The fraction of sp³-hybridized carbons (Fsp3) is 0.417. The summed E-state index contributed by atoms with van der Waals surface area (Å²) in [6.07, 6.45) is 0.882. The molecule has 1 aliphatic rings. The zero-order chi connectivity index (χ0) is 11.4. The number of halogens is 1. The van der Waals surface area contributed by atoms with Crippen molar-refractivity contribution in [1.82, 2.24) is 10.2 Å². The summed E-state index contributed by atoms with van der Waals surface area (Å²) in [5, 5.41) is 3.28. The molecule has 0 aliphatic carbocycles. The van der Waals surface area contributed by atoms with E-state index in [1.165, 1.54) is 12.1 Å². The van der Waals surface area contributed by atoms with Crippen molar-refractivity contribution in [3.8, 4) is 0 Å². The lowest BCUT2D eigenvalue weighted by Gasteiger charge is -2.15. The molecule has 0 aromatic heterocycles. The van der Waals surface area contributed by atoms with Gasteiger partial charge in [-0.1, -0.05) is 12.1 Å². The Labute approximate surface area is 95.0 Å². The summed E-state index contributed by atoms with van der Waals surface area (Å²) in [4.78, 5) is 6.44. The third-order valence-corrected chi connectivity index (χ3v) is 2.67. The Kier molecular flexibility index (Phi) is 3.39. The topological polar surface area (TPSA) is 27.6 Å². The van der Waals surface area contributed by atoms with Crippen LogP contribution >= 0.6 is 0 Å². The van der Waals surface area contributed by atoms with Gasteiger partial charge in [0.15, 0.2) is 5.96 Å². The average molecular weight is 221 g/mol. The van der Waals surface area contributed by atoms with Crippen LogP contribution in [-0.4, -0.2) is 37.5 Å². The minimum atomic E-state index is -0.184. The molecule has 0 unspecified atom stereocenters. The number of nitrogens with zero attached hydrogens (tertiary/aromatic N) is 2. The van der Waals surface area contributed by atoms with E-state index in [1.54, 1.807) is 0 Å². The zero-order valence-electron chi connectivity index (χ0n) is 9.41. The Morgan fingerprint density at radius 2 is 2.12 bits per heavy atom. The molecule has 1 aliphatic heterocycles. The normalized spacial score (nSPS) is 15.1. The van der Waals surface area contributed by atoms with Crippen molar-refractivity contribution in [2.24, 2.45) is 4.99 Å². The second-order valence-electron chi connectivity index (χ2n) is 3.93. The van der Waals surface area contributed by atoms with E-state index in [0.29, 0.717) is 0 Å². The molecular formula is C12H16FN3. The van der Waals surface area contributed by atoms with Crippen molar-refractivity contribution in [2.45, 2.75) is 6.42 Å². The Hall–Kier alpha value is -1.58. The molecular weight excluding hydrogens is 205 g/mol. The van der Waals surface area contributed by atoms with Gasteiger partial charge >= 0.3 is 0 Å². The van der Waals surface area contributed by atoms with Crippen LogP contribution in [0.15, 0.2) is 29.3 Å². The summed E-state index contributed by atoms with van der Waals surface area (Å²) >= 11 is 0. The number of benzene rings is 1. The summed E-state index contributed by atoms with van der Waals surface area (Å²) in [5.74, 6) is 0.777. The Morgan fingerprint density at radius 1 is 1.38 bits per heavy atom. The van der Waals surface area contributed by atoms with Crippen LogP contribution in [0.25, 0.3) is 0 Å². The molecule has 1 aromatic carbocycles. The fourth-order valence-electron chi connectivity index (χ4n) is 1.69. The van der Waals surface area contributed by atoms with Gasteiger partial charge in [0.05, 0.1) is 6.54 Å². The van der Waals surface area contributed by atoms with E-state index in [1.807, 2.05) is 19.2 Å². The number of aliphatic imine (C=N–C) groups is 1. The molecule has 1 heterocycles. The highest BCUT2D eigenvalue weighted by Gasteiger charge is 2.10. The van der Waals surface area contributed by atoms with Gasteiger partial charge in [-0.2, -0.15) is 0 Å². The monoisotopic (exact) mass is 221 g/mol. The molecule has 2 rings (SSSR count). The fourth-order valence-corrected chi connectivity index (χ4v) is 1.69. The van der Waals surface area contributed by atoms with Crippen LogP contribution in [0.1, 0.15) is 5.56 Å². The Bertz CT molecular complexity index is 372. The van der Waals surface area contributed by atoms with Crippen molar-refractivity contribution in [3.63, 3.8) is 0 Å². The highest BCUT2D eigenvalue weighted by atomic mass is 19.1. The predicted molar refractivity (Wildman–Crippen MR) is 63.0 cm³/mol. The van der Waals surface area contributed by atoms with Gasteiger partial charge in [0.25, 0.3) is 0 Å². The average Bonchev–Trinajstić information content (AvgIpc) is 2.68. The van der Waals surface area contributed by atoms with Crippen LogP contribution in [0.2, 0.25) is 0 Å².